The number of aromatic nitrogens is 2. The number of likely N-dealkylation sites (N-methyl/N-ethyl adjacent to an activating group) is 1. The second kappa shape index (κ2) is 8.72. The van der Waals surface area contributed by atoms with Gasteiger partial charge < -0.3 is 9.64 Å². The van der Waals surface area contributed by atoms with Crippen molar-refractivity contribution < 1.29 is 9.53 Å². The molecule has 1 saturated carbocycles. The Hall–Kier alpha value is -1.53. The van der Waals surface area contributed by atoms with Crippen LogP contribution in [0.5, 0.6) is 0 Å². The van der Waals surface area contributed by atoms with Crippen LogP contribution in [0.2, 0.25) is 0 Å². The summed E-state index contributed by atoms with van der Waals surface area (Å²) in [6.45, 7) is 4.54. The van der Waals surface area contributed by atoms with Gasteiger partial charge >= 0.3 is 0 Å². The van der Waals surface area contributed by atoms with Crippen LogP contribution in [0.25, 0.3) is 0 Å². The Morgan fingerprint density at radius 3 is 2.92 bits per heavy atom. The molecule has 2 fully saturated rings. The summed E-state index contributed by atoms with van der Waals surface area (Å²) in [4.78, 5) is 25.3. The molecule has 6 heteroatoms. The summed E-state index contributed by atoms with van der Waals surface area (Å²) in [5.41, 5.74) is 2.03. The minimum absolute atomic E-state index is 0.102. The third-order valence-corrected chi connectivity index (χ3v) is 5.41. The molecule has 2 heterocycles. The summed E-state index contributed by atoms with van der Waals surface area (Å²) < 4.78 is 5.86. The van der Waals surface area contributed by atoms with Gasteiger partial charge in [-0.15, -0.1) is 0 Å². The highest BCUT2D eigenvalue weighted by molar-refractivity contribution is 5.78. The van der Waals surface area contributed by atoms with Gasteiger partial charge in [0.25, 0.3) is 0 Å². The van der Waals surface area contributed by atoms with Gasteiger partial charge in [0.1, 0.15) is 6.33 Å². The first kappa shape index (κ1) is 18.3. The third kappa shape index (κ3) is 5.22. The average molecular weight is 346 g/mol. The highest BCUT2D eigenvalue weighted by atomic mass is 16.5. The van der Waals surface area contributed by atoms with E-state index in [0.29, 0.717) is 32.3 Å². The van der Waals surface area contributed by atoms with Crippen LogP contribution >= 0.6 is 0 Å². The van der Waals surface area contributed by atoms with E-state index in [2.05, 4.69) is 21.9 Å². The second-order valence-electron chi connectivity index (χ2n) is 7.38. The van der Waals surface area contributed by atoms with Gasteiger partial charge in [-0.3, -0.25) is 9.69 Å². The Morgan fingerprint density at radius 2 is 2.16 bits per heavy atom. The van der Waals surface area contributed by atoms with E-state index >= 15 is 0 Å². The van der Waals surface area contributed by atoms with Gasteiger partial charge in [-0.2, -0.15) is 0 Å². The van der Waals surface area contributed by atoms with Crippen molar-refractivity contribution in [2.24, 2.45) is 0 Å². The van der Waals surface area contributed by atoms with E-state index < -0.39 is 0 Å². The molecule has 1 aliphatic carbocycles. The summed E-state index contributed by atoms with van der Waals surface area (Å²) >= 11 is 0. The maximum absolute atomic E-state index is 12.6. The highest BCUT2D eigenvalue weighted by Gasteiger charge is 2.27. The van der Waals surface area contributed by atoms with Gasteiger partial charge in [0.05, 0.1) is 19.3 Å². The summed E-state index contributed by atoms with van der Waals surface area (Å²) in [5, 5.41) is 0. The lowest BCUT2D eigenvalue weighted by Gasteiger charge is -2.34. The number of aryl methyl sites for hydroxylation is 2. The number of morpholine rings is 1. The smallest absolute Gasteiger partial charge is 0.236 e. The van der Waals surface area contributed by atoms with Crippen molar-refractivity contribution in [3.63, 3.8) is 0 Å². The van der Waals surface area contributed by atoms with E-state index in [-0.39, 0.29) is 12.0 Å². The molecule has 6 nitrogen and oxygen atoms in total. The molecule has 1 aromatic heterocycles. The maximum atomic E-state index is 12.6. The Labute approximate surface area is 150 Å². The van der Waals surface area contributed by atoms with Crippen LogP contribution in [-0.2, 0) is 16.0 Å². The zero-order valence-electron chi connectivity index (χ0n) is 15.5. The number of ether oxygens (including phenoxy) is 1. The summed E-state index contributed by atoms with van der Waals surface area (Å²) in [6.07, 6.45) is 8.51. The topological polar surface area (TPSA) is 58.6 Å². The van der Waals surface area contributed by atoms with Gasteiger partial charge in [0.15, 0.2) is 0 Å². The number of rotatable bonds is 6. The Bertz CT molecular complexity index is 574. The third-order valence-electron chi connectivity index (χ3n) is 5.41. The first-order chi connectivity index (χ1) is 12.1. The minimum atomic E-state index is 0.102. The minimum Gasteiger partial charge on any atom is -0.375 e. The van der Waals surface area contributed by atoms with E-state index in [9.17, 15) is 4.79 Å². The molecule has 1 amide bonds. The van der Waals surface area contributed by atoms with Crippen molar-refractivity contribution >= 4 is 5.91 Å². The maximum Gasteiger partial charge on any atom is 0.236 e. The number of hydrogen-bond acceptors (Lipinski definition) is 5. The van der Waals surface area contributed by atoms with Crippen molar-refractivity contribution in [3.05, 3.63) is 23.8 Å². The first-order valence-electron chi connectivity index (χ1n) is 9.49. The lowest BCUT2D eigenvalue weighted by atomic mass is 10.1. The van der Waals surface area contributed by atoms with Crippen LogP contribution in [0.4, 0.5) is 0 Å². The predicted octanol–water partition coefficient (Wildman–Crippen LogP) is 1.82. The molecule has 0 aromatic carbocycles. The van der Waals surface area contributed by atoms with E-state index in [1.807, 2.05) is 17.9 Å². The van der Waals surface area contributed by atoms with E-state index in [1.54, 1.807) is 6.33 Å². The molecule has 2 aliphatic rings. The summed E-state index contributed by atoms with van der Waals surface area (Å²) in [5.74, 6) is 0.237. The van der Waals surface area contributed by atoms with Crippen LogP contribution < -0.4 is 0 Å². The summed E-state index contributed by atoms with van der Waals surface area (Å²) in [6, 6.07) is 2.60. The molecule has 1 atom stereocenters. The SMILES string of the molecule is Cc1cc(CCC2CN(C(=O)CN(C)C3CCCC3)CCO2)ncn1. The van der Waals surface area contributed by atoms with Gasteiger partial charge in [0.2, 0.25) is 5.91 Å². The predicted molar refractivity (Wildman–Crippen MR) is 96.3 cm³/mol. The molecule has 1 saturated heterocycles. The molecule has 0 bridgehead atoms. The molecule has 25 heavy (non-hydrogen) atoms. The fourth-order valence-electron chi connectivity index (χ4n) is 3.86. The molecular weight excluding hydrogens is 316 g/mol. The average Bonchev–Trinajstić information content (AvgIpc) is 3.15. The van der Waals surface area contributed by atoms with Crippen molar-refractivity contribution in [1.29, 1.82) is 0 Å². The number of nitrogens with zero attached hydrogens (tertiary/aromatic N) is 4. The molecule has 0 N–H and O–H groups in total. The molecular formula is C19H30N4O2. The zero-order chi connectivity index (χ0) is 17.6. The van der Waals surface area contributed by atoms with Crippen LogP contribution in [0.15, 0.2) is 12.4 Å². The molecule has 138 valence electrons. The number of amides is 1. The zero-order valence-corrected chi connectivity index (χ0v) is 15.5. The second-order valence-corrected chi connectivity index (χ2v) is 7.38. The molecule has 1 aliphatic heterocycles. The van der Waals surface area contributed by atoms with Gasteiger partial charge in [0, 0.05) is 30.5 Å². The van der Waals surface area contributed by atoms with Crippen LogP contribution in [0.3, 0.4) is 0 Å². The van der Waals surface area contributed by atoms with Gasteiger partial charge in [-0.05, 0) is 45.7 Å². The van der Waals surface area contributed by atoms with Crippen LogP contribution in [0.1, 0.15) is 43.5 Å². The fourth-order valence-corrected chi connectivity index (χ4v) is 3.86. The Balaban J connectivity index is 1.46. The number of hydrogen-bond donors (Lipinski definition) is 0. The van der Waals surface area contributed by atoms with Crippen molar-refractivity contribution in [2.75, 3.05) is 33.3 Å². The lowest BCUT2D eigenvalue weighted by Crippen LogP contribution is -2.49. The van der Waals surface area contributed by atoms with Crippen LogP contribution in [-0.4, -0.2) is 71.1 Å². The quantitative estimate of drug-likeness (QED) is 0.786. The van der Waals surface area contributed by atoms with E-state index in [4.69, 9.17) is 4.74 Å². The fraction of sp³-hybridized carbons (Fsp3) is 0.737. The normalized spacial score (nSPS) is 21.9. The summed E-state index contributed by atoms with van der Waals surface area (Å²) in [7, 11) is 2.09. The van der Waals surface area contributed by atoms with Gasteiger partial charge in [-0.25, -0.2) is 9.97 Å². The Kier molecular flexibility index (Phi) is 6.37. The van der Waals surface area contributed by atoms with Crippen molar-refractivity contribution in [3.8, 4) is 0 Å². The largest absolute Gasteiger partial charge is 0.375 e. The standard InChI is InChI=1S/C19H30N4O2/c1-15-11-16(21-14-20-15)7-8-18-12-23(9-10-25-18)19(24)13-22(2)17-5-3-4-6-17/h11,14,17-18H,3-10,12-13H2,1-2H3. The first-order valence-corrected chi connectivity index (χ1v) is 9.49. The lowest BCUT2D eigenvalue weighted by molar-refractivity contribution is -0.140. The molecule has 1 aromatic rings. The van der Waals surface area contributed by atoms with Crippen molar-refractivity contribution in [1.82, 2.24) is 19.8 Å². The number of carbonyl (C=O) groups excluding carboxylic acids is 1. The molecule has 0 radical (unpaired) electrons. The highest BCUT2D eigenvalue weighted by Crippen LogP contribution is 2.22. The van der Waals surface area contributed by atoms with Gasteiger partial charge in [-0.1, -0.05) is 12.8 Å². The van der Waals surface area contributed by atoms with Crippen LogP contribution in [0, 0.1) is 6.92 Å². The van der Waals surface area contributed by atoms with Crippen molar-refractivity contribution in [2.45, 2.75) is 57.6 Å². The van der Waals surface area contributed by atoms with E-state index in [1.165, 1.54) is 25.7 Å². The molecule has 3 rings (SSSR count). The number of carbonyl (C=O) groups is 1. The molecule has 1 unspecified atom stereocenters. The van der Waals surface area contributed by atoms with E-state index in [0.717, 1.165) is 24.2 Å². The Morgan fingerprint density at radius 1 is 1.36 bits per heavy atom. The monoisotopic (exact) mass is 346 g/mol. The molecule has 0 spiro atoms.